The molecule has 0 aromatic heterocycles. The summed E-state index contributed by atoms with van der Waals surface area (Å²) in [6.07, 6.45) is 3.22. The van der Waals surface area contributed by atoms with Crippen LogP contribution in [0.25, 0.3) is 0 Å². The van der Waals surface area contributed by atoms with Crippen molar-refractivity contribution in [1.29, 1.82) is 0 Å². The van der Waals surface area contributed by atoms with Crippen molar-refractivity contribution in [2.45, 2.75) is 65.3 Å². The summed E-state index contributed by atoms with van der Waals surface area (Å²) in [5.41, 5.74) is 0. The summed E-state index contributed by atoms with van der Waals surface area (Å²) in [5, 5.41) is 8.73. The fourth-order valence-corrected chi connectivity index (χ4v) is 1.40. The van der Waals surface area contributed by atoms with Crippen LogP contribution in [0.15, 0.2) is 0 Å². The van der Waals surface area contributed by atoms with Gasteiger partial charge in [-0.3, -0.25) is 0 Å². The molecule has 0 aliphatic heterocycles. The van der Waals surface area contributed by atoms with Crippen LogP contribution in [-0.4, -0.2) is 49.8 Å². The lowest BCUT2D eigenvalue weighted by molar-refractivity contribution is -0.0294. The van der Waals surface area contributed by atoms with Crippen LogP contribution in [0, 0.1) is 0 Å². The fourth-order valence-electron chi connectivity index (χ4n) is 1.40. The van der Waals surface area contributed by atoms with Gasteiger partial charge in [-0.15, -0.1) is 0 Å². The van der Waals surface area contributed by atoms with E-state index >= 15 is 0 Å². The van der Waals surface area contributed by atoms with Crippen LogP contribution in [0.4, 0.5) is 0 Å². The molecule has 0 heterocycles. The molecule has 4 nitrogen and oxygen atoms in total. The quantitative estimate of drug-likeness (QED) is 0.549. The second kappa shape index (κ2) is 11.9. The SMILES string of the molecule is CCC(C)OCCOC(C)CCOC(C)CCO. The van der Waals surface area contributed by atoms with Crippen molar-refractivity contribution in [3.05, 3.63) is 0 Å². The summed E-state index contributed by atoms with van der Waals surface area (Å²) in [7, 11) is 0. The normalized spacial score (nSPS) is 16.5. The Hall–Kier alpha value is -0.160. The molecule has 0 aliphatic carbocycles. The Labute approximate surface area is 112 Å². The first-order valence-electron chi connectivity index (χ1n) is 7.05. The van der Waals surface area contributed by atoms with E-state index in [0.717, 1.165) is 12.8 Å². The predicted molar refractivity (Wildman–Crippen MR) is 72.9 cm³/mol. The lowest BCUT2D eigenvalue weighted by atomic mass is 10.3. The molecular weight excluding hydrogens is 232 g/mol. The van der Waals surface area contributed by atoms with Crippen LogP contribution in [0.1, 0.15) is 47.0 Å². The number of hydrogen-bond donors (Lipinski definition) is 1. The zero-order valence-electron chi connectivity index (χ0n) is 12.4. The zero-order chi connectivity index (χ0) is 13.8. The van der Waals surface area contributed by atoms with Gasteiger partial charge in [0.25, 0.3) is 0 Å². The van der Waals surface area contributed by atoms with Crippen molar-refractivity contribution in [2.24, 2.45) is 0 Å². The van der Waals surface area contributed by atoms with Crippen LogP contribution < -0.4 is 0 Å². The maximum absolute atomic E-state index is 8.73. The summed E-state index contributed by atoms with van der Waals surface area (Å²) in [6, 6.07) is 0. The molecule has 3 atom stereocenters. The van der Waals surface area contributed by atoms with Gasteiger partial charge in [-0.2, -0.15) is 0 Å². The van der Waals surface area contributed by atoms with Crippen LogP contribution in [0.3, 0.4) is 0 Å². The van der Waals surface area contributed by atoms with Crippen molar-refractivity contribution >= 4 is 0 Å². The van der Waals surface area contributed by atoms with Crippen molar-refractivity contribution in [3.63, 3.8) is 0 Å². The average molecular weight is 262 g/mol. The van der Waals surface area contributed by atoms with Gasteiger partial charge < -0.3 is 19.3 Å². The van der Waals surface area contributed by atoms with Crippen molar-refractivity contribution in [1.82, 2.24) is 0 Å². The van der Waals surface area contributed by atoms with E-state index in [9.17, 15) is 0 Å². The number of aliphatic hydroxyl groups is 1. The second-order valence-corrected chi connectivity index (χ2v) is 4.75. The van der Waals surface area contributed by atoms with Crippen molar-refractivity contribution in [3.8, 4) is 0 Å². The van der Waals surface area contributed by atoms with Gasteiger partial charge >= 0.3 is 0 Å². The minimum atomic E-state index is 0.121. The van der Waals surface area contributed by atoms with Crippen molar-refractivity contribution in [2.75, 3.05) is 26.4 Å². The van der Waals surface area contributed by atoms with E-state index in [2.05, 4.69) is 13.8 Å². The minimum absolute atomic E-state index is 0.121. The molecule has 0 amide bonds. The molecule has 0 aliphatic rings. The third-order valence-corrected chi connectivity index (χ3v) is 2.93. The molecule has 0 aromatic carbocycles. The highest BCUT2D eigenvalue weighted by molar-refractivity contribution is 4.53. The monoisotopic (exact) mass is 262 g/mol. The van der Waals surface area contributed by atoms with E-state index in [1.54, 1.807) is 0 Å². The standard InChI is InChI=1S/C14H30O4/c1-5-12(2)17-10-11-18-14(4)7-9-16-13(3)6-8-15/h12-15H,5-11H2,1-4H3. The van der Waals surface area contributed by atoms with Gasteiger partial charge in [0.2, 0.25) is 0 Å². The summed E-state index contributed by atoms with van der Waals surface area (Å²) >= 11 is 0. The lowest BCUT2D eigenvalue weighted by Crippen LogP contribution is -2.19. The second-order valence-electron chi connectivity index (χ2n) is 4.75. The summed E-state index contributed by atoms with van der Waals surface area (Å²) < 4.78 is 16.7. The molecule has 110 valence electrons. The number of rotatable bonds is 12. The van der Waals surface area contributed by atoms with E-state index in [1.807, 2.05) is 13.8 Å². The molecule has 0 rings (SSSR count). The van der Waals surface area contributed by atoms with Crippen LogP contribution in [0.5, 0.6) is 0 Å². The van der Waals surface area contributed by atoms with E-state index in [-0.39, 0.29) is 18.8 Å². The van der Waals surface area contributed by atoms with Crippen molar-refractivity contribution < 1.29 is 19.3 Å². The first kappa shape index (κ1) is 17.8. The maximum Gasteiger partial charge on any atom is 0.0704 e. The highest BCUT2D eigenvalue weighted by Gasteiger charge is 2.05. The molecule has 0 bridgehead atoms. The smallest absolute Gasteiger partial charge is 0.0704 e. The van der Waals surface area contributed by atoms with Crippen LogP contribution >= 0.6 is 0 Å². The fraction of sp³-hybridized carbons (Fsp3) is 1.00. The van der Waals surface area contributed by atoms with Gasteiger partial charge in [-0.05, 0) is 40.0 Å². The summed E-state index contributed by atoms with van der Waals surface area (Å²) in [5.74, 6) is 0. The molecule has 0 spiro atoms. The third kappa shape index (κ3) is 11.0. The molecule has 0 fully saturated rings. The highest BCUT2D eigenvalue weighted by atomic mass is 16.5. The Bertz CT molecular complexity index is 175. The van der Waals surface area contributed by atoms with Gasteiger partial charge in [0.1, 0.15) is 0 Å². The molecule has 0 saturated carbocycles. The number of hydrogen-bond acceptors (Lipinski definition) is 4. The van der Waals surface area contributed by atoms with E-state index in [0.29, 0.717) is 32.3 Å². The Morgan fingerprint density at radius 2 is 1.28 bits per heavy atom. The Morgan fingerprint density at radius 1 is 0.778 bits per heavy atom. The summed E-state index contributed by atoms with van der Waals surface area (Å²) in [4.78, 5) is 0. The zero-order valence-corrected chi connectivity index (χ0v) is 12.4. The van der Waals surface area contributed by atoms with Gasteiger partial charge in [-0.25, -0.2) is 0 Å². The maximum atomic E-state index is 8.73. The Morgan fingerprint density at radius 3 is 1.83 bits per heavy atom. The lowest BCUT2D eigenvalue weighted by Gasteiger charge is -2.16. The van der Waals surface area contributed by atoms with Crippen LogP contribution in [0.2, 0.25) is 0 Å². The van der Waals surface area contributed by atoms with E-state index < -0.39 is 0 Å². The summed E-state index contributed by atoms with van der Waals surface area (Å²) in [6.45, 7) is 10.3. The molecule has 4 heteroatoms. The Balaban J connectivity index is 3.34. The number of ether oxygens (including phenoxy) is 3. The first-order valence-corrected chi connectivity index (χ1v) is 7.05. The largest absolute Gasteiger partial charge is 0.396 e. The number of aliphatic hydroxyl groups excluding tert-OH is 1. The van der Waals surface area contributed by atoms with Gasteiger partial charge in [0, 0.05) is 13.2 Å². The molecule has 3 unspecified atom stereocenters. The van der Waals surface area contributed by atoms with Gasteiger partial charge in [0.05, 0.1) is 31.5 Å². The van der Waals surface area contributed by atoms with Gasteiger partial charge in [0.15, 0.2) is 0 Å². The molecule has 0 radical (unpaired) electrons. The predicted octanol–water partition coefficient (Wildman–Crippen LogP) is 2.38. The Kier molecular flexibility index (Phi) is 11.8. The average Bonchev–Trinajstić information content (AvgIpc) is 2.34. The molecule has 1 N–H and O–H groups in total. The minimum Gasteiger partial charge on any atom is -0.396 e. The molecule has 0 saturated heterocycles. The van der Waals surface area contributed by atoms with E-state index in [4.69, 9.17) is 19.3 Å². The van der Waals surface area contributed by atoms with Gasteiger partial charge in [-0.1, -0.05) is 6.92 Å². The third-order valence-electron chi connectivity index (χ3n) is 2.93. The topological polar surface area (TPSA) is 47.9 Å². The molecule has 18 heavy (non-hydrogen) atoms. The molecule has 0 aromatic rings. The molecular formula is C14H30O4. The highest BCUT2D eigenvalue weighted by Crippen LogP contribution is 2.03. The van der Waals surface area contributed by atoms with Crippen LogP contribution in [-0.2, 0) is 14.2 Å². The first-order chi connectivity index (χ1) is 8.60. The van der Waals surface area contributed by atoms with E-state index in [1.165, 1.54) is 0 Å².